The molecule has 2 N–H and O–H groups in total. The van der Waals surface area contributed by atoms with Gasteiger partial charge in [0.05, 0.1) is 5.52 Å². The molecule has 2 aromatic carbocycles. The minimum Gasteiger partial charge on any atom is -0.358 e. The fourth-order valence-corrected chi connectivity index (χ4v) is 3.32. The number of carbonyl (C=O) groups excluding carboxylic acids is 1. The number of hydrogen-bond acceptors (Lipinski definition) is 3. The van der Waals surface area contributed by atoms with Gasteiger partial charge >= 0.3 is 0 Å². The first-order valence-electron chi connectivity index (χ1n) is 8.84. The lowest BCUT2D eigenvalue weighted by atomic mass is 10.0. The van der Waals surface area contributed by atoms with Gasteiger partial charge in [0.15, 0.2) is 0 Å². The number of nitrogens with one attached hydrogen (secondary N) is 2. The van der Waals surface area contributed by atoms with E-state index >= 15 is 0 Å². The first-order valence-corrected chi connectivity index (χ1v) is 8.84. The highest BCUT2D eigenvalue weighted by molar-refractivity contribution is 5.95. The third kappa shape index (κ3) is 3.21. The summed E-state index contributed by atoms with van der Waals surface area (Å²) in [4.78, 5) is 16.0. The molecule has 2 heterocycles. The van der Waals surface area contributed by atoms with E-state index in [2.05, 4.69) is 53.4 Å². The zero-order valence-corrected chi connectivity index (χ0v) is 15.6. The van der Waals surface area contributed by atoms with Gasteiger partial charge in [-0.3, -0.25) is 9.36 Å². The molecule has 4 aromatic rings. The molecule has 0 radical (unpaired) electrons. The lowest BCUT2D eigenvalue weighted by Gasteiger charge is -2.09. The Hall–Kier alpha value is -3.41. The van der Waals surface area contributed by atoms with Crippen molar-refractivity contribution in [2.45, 2.75) is 27.3 Å². The Kier molecular flexibility index (Phi) is 4.24. The van der Waals surface area contributed by atoms with Gasteiger partial charge in [-0.15, -0.1) is 10.2 Å². The highest BCUT2D eigenvalue weighted by Gasteiger charge is 2.11. The van der Waals surface area contributed by atoms with Crippen molar-refractivity contribution in [3.63, 3.8) is 0 Å². The number of rotatable bonds is 4. The molecule has 27 heavy (non-hydrogen) atoms. The van der Waals surface area contributed by atoms with Crippen LogP contribution in [-0.2, 0) is 6.54 Å². The van der Waals surface area contributed by atoms with Crippen LogP contribution in [0.5, 0.6) is 0 Å². The van der Waals surface area contributed by atoms with Crippen LogP contribution in [0.25, 0.3) is 16.6 Å². The number of aromatic amines is 1. The number of benzene rings is 2. The SMILES string of the molecule is Cc1cc(CNC(=O)c2ccc(-n3cnnc3)cc2)c2[nH]c(C)c(C)c2c1. The number of aryl methyl sites for hydroxylation is 3. The summed E-state index contributed by atoms with van der Waals surface area (Å²) in [5, 5.41) is 11.8. The molecule has 2 aromatic heterocycles. The zero-order valence-electron chi connectivity index (χ0n) is 15.6. The normalized spacial score (nSPS) is 11.1. The standard InChI is InChI=1S/C21H21N5O/c1-13-8-17(20-19(9-13)14(2)15(3)25-20)10-22-21(27)16-4-6-18(7-5-16)26-11-23-24-12-26/h4-9,11-12,25H,10H2,1-3H3,(H,22,27). The highest BCUT2D eigenvalue weighted by atomic mass is 16.1. The summed E-state index contributed by atoms with van der Waals surface area (Å²) in [5.74, 6) is -0.0973. The van der Waals surface area contributed by atoms with Crippen LogP contribution in [0.1, 0.15) is 32.7 Å². The summed E-state index contributed by atoms with van der Waals surface area (Å²) in [6.07, 6.45) is 3.25. The van der Waals surface area contributed by atoms with Gasteiger partial charge in [0.1, 0.15) is 12.7 Å². The van der Waals surface area contributed by atoms with E-state index in [1.54, 1.807) is 29.4 Å². The Labute approximate surface area is 157 Å². The Bertz CT molecular complexity index is 1110. The smallest absolute Gasteiger partial charge is 0.251 e. The molecule has 6 heteroatoms. The lowest BCUT2D eigenvalue weighted by Crippen LogP contribution is -2.23. The van der Waals surface area contributed by atoms with Crippen molar-refractivity contribution in [1.29, 1.82) is 0 Å². The monoisotopic (exact) mass is 359 g/mol. The van der Waals surface area contributed by atoms with Crippen LogP contribution >= 0.6 is 0 Å². The van der Waals surface area contributed by atoms with Crippen LogP contribution in [0.3, 0.4) is 0 Å². The van der Waals surface area contributed by atoms with E-state index in [1.807, 2.05) is 12.1 Å². The van der Waals surface area contributed by atoms with Crippen LogP contribution in [0, 0.1) is 20.8 Å². The van der Waals surface area contributed by atoms with Crippen LogP contribution < -0.4 is 5.32 Å². The molecule has 0 aliphatic carbocycles. The van der Waals surface area contributed by atoms with E-state index in [-0.39, 0.29) is 5.91 Å². The molecule has 0 aliphatic heterocycles. The van der Waals surface area contributed by atoms with Crippen molar-refractivity contribution in [2.24, 2.45) is 0 Å². The van der Waals surface area contributed by atoms with E-state index in [9.17, 15) is 4.79 Å². The number of H-pyrrole nitrogens is 1. The van der Waals surface area contributed by atoms with E-state index in [1.165, 1.54) is 16.5 Å². The third-order valence-electron chi connectivity index (χ3n) is 4.93. The van der Waals surface area contributed by atoms with Crippen molar-refractivity contribution in [3.05, 3.63) is 77.0 Å². The van der Waals surface area contributed by atoms with Gasteiger partial charge in [-0.1, -0.05) is 11.6 Å². The van der Waals surface area contributed by atoms with Crippen molar-refractivity contribution in [3.8, 4) is 5.69 Å². The van der Waals surface area contributed by atoms with Gasteiger partial charge in [0, 0.05) is 28.9 Å². The first-order chi connectivity index (χ1) is 13.0. The molecule has 0 atom stereocenters. The Balaban J connectivity index is 1.53. The maximum absolute atomic E-state index is 12.6. The lowest BCUT2D eigenvalue weighted by molar-refractivity contribution is 0.0951. The molecule has 136 valence electrons. The highest BCUT2D eigenvalue weighted by Crippen LogP contribution is 2.26. The molecule has 1 amide bonds. The Morgan fingerprint density at radius 1 is 1.07 bits per heavy atom. The molecular weight excluding hydrogens is 338 g/mol. The van der Waals surface area contributed by atoms with E-state index in [4.69, 9.17) is 0 Å². The van der Waals surface area contributed by atoms with Crippen LogP contribution in [-0.4, -0.2) is 25.7 Å². The summed E-state index contributed by atoms with van der Waals surface area (Å²) in [6.45, 7) is 6.75. The number of nitrogens with zero attached hydrogens (tertiary/aromatic N) is 3. The predicted octanol–water partition coefficient (Wildman–Crippen LogP) is 3.60. The molecule has 0 unspecified atom stereocenters. The topological polar surface area (TPSA) is 75.6 Å². The van der Waals surface area contributed by atoms with Gasteiger partial charge in [0.2, 0.25) is 0 Å². The number of carbonyl (C=O) groups is 1. The van der Waals surface area contributed by atoms with Crippen molar-refractivity contribution < 1.29 is 4.79 Å². The van der Waals surface area contributed by atoms with Crippen molar-refractivity contribution in [2.75, 3.05) is 0 Å². The second-order valence-electron chi connectivity index (χ2n) is 6.82. The third-order valence-corrected chi connectivity index (χ3v) is 4.93. The molecule has 0 fully saturated rings. The minimum atomic E-state index is -0.0973. The summed E-state index contributed by atoms with van der Waals surface area (Å²) in [6, 6.07) is 11.7. The maximum Gasteiger partial charge on any atom is 0.251 e. The van der Waals surface area contributed by atoms with E-state index in [0.29, 0.717) is 12.1 Å². The van der Waals surface area contributed by atoms with Gasteiger partial charge < -0.3 is 10.3 Å². The average molecular weight is 359 g/mol. The minimum absolute atomic E-state index is 0.0973. The molecule has 0 aliphatic rings. The summed E-state index contributed by atoms with van der Waals surface area (Å²) in [5.41, 5.74) is 7.32. The molecule has 0 spiro atoms. The second-order valence-corrected chi connectivity index (χ2v) is 6.82. The van der Waals surface area contributed by atoms with Gasteiger partial charge in [-0.05, 0) is 62.2 Å². The quantitative estimate of drug-likeness (QED) is 0.584. The van der Waals surface area contributed by atoms with Crippen LogP contribution in [0.2, 0.25) is 0 Å². The zero-order chi connectivity index (χ0) is 19.0. The van der Waals surface area contributed by atoms with E-state index in [0.717, 1.165) is 22.5 Å². The van der Waals surface area contributed by atoms with Gasteiger partial charge in [-0.25, -0.2) is 0 Å². The second kappa shape index (κ2) is 6.72. The Morgan fingerprint density at radius 2 is 1.78 bits per heavy atom. The molecule has 0 saturated heterocycles. The van der Waals surface area contributed by atoms with Gasteiger partial charge in [0.25, 0.3) is 5.91 Å². The molecule has 4 rings (SSSR count). The molecule has 0 bridgehead atoms. The fraction of sp³-hybridized carbons (Fsp3) is 0.190. The average Bonchev–Trinajstić information content (AvgIpc) is 3.30. The largest absolute Gasteiger partial charge is 0.358 e. The van der Waals surface area contributed by atoms with Crippen molar-refractivity contribution >= 4 is 16.8 Å². The number of amides is 1. The predicted molar refractivity (Wildman–Crippen MR) is 105 cm³/mol. The van der Waals surface area contributed by atoms with Crippen molar-refractivity contribution in [1.82, 2.24) is 25.1 Å². The molecular formula is C21H21N5O. The number of fused-ring (bicyclic) bond motifs is 1. The van der Waals surface area contributed by atoms with E-state index < -0.39 is 0 Å². The van der Waals surface area contributed by atoms with Crippen LogP contribution in [0.15, 0.2) is 49.1 Å². The summed E-state index contributed by atoms with van der Waals surface area (Å²) in [7, 11) is 0. The fourth-order valence-electron chi connectivity index (χ4n) is 3.32. The van der Waals surface area contributed by atoms with Gasteiger partial charge in [-0.2, -0.15) is 0 Å². The molecule has 6 nitrogen and oxygen atoms in total. The maximum atomic E-state index is 12.6. The number of hydrogen-bond donors (Lipinski definition) is 2. The summed E-state index contributed by atoms with van der Waals surface area (Å²) >= 11 is 0. The molecule has 0 saturated carbocycles. The van der Waals surface area contributed by atoms with Crippen LogP contribution in [0.4, 0.5) is 0 Å². The number of aromatic nitrogens is 4. The summed E-state index contributed by atoms with van der Waals surface area (Å²) < 4.78 is 1.79. The Morgan fingerprint density at radius 3 is 2.48 bits per heavy atom. The first kappa shape index (κ1) is 17.0.